The van der Waals surface area contributed by atoms with Crippen LogP contribution in [0, 0.1) is 21.4 Å². The number of hydrogen-bond acceptors (Lipinski definition) is 5. The summed E-state index contributed by atoms with van der Waals surface area (Å²) in [7, 11) is -4.03. The Kier molecular flexibility index (Phi) is 4.79. The van der Waals surface area contributed by atoms with Crippen molar-refractivity contribution in [2.24, 2.45) is 0 Å². The molecule has 0 aliphatic rings. The van der Waals surface area contributed by atoms with Gasteiger partial charge in [0, 0.05) is 22.7 Å². The van der Waals surface area contributed by atoms with Crippen molar-refractivity contribution in [2.75, 3.05) is 0 Å². The summed E-state index contributed by atoms with van der Waals surface area (Å²) in [6, 6.07) is 12.6. The molecule has 2 aromatic rings. The molecule has 0 atom stereocenters. The van der Waals surface area contributed by atoms with Crippen molar-refractivity contribution in [3.63, 3.8) is 0 Å². The maximum absolute atomic E-state index is 12.4. The molecule has 6 nitrogen and oxygen atoms in total. The molecule has 116 valence electrons. The highest BCUT2D eigenvalue weighted by atomic mass is 35.5. The first-order chi connectivity index (χ1) is 10.9. The number of allylic oxidation sites excluding steroid dienone is 1. The van der Waals surface area contributed by atoms with Gasteiger partial charge in [-0.15, -0.1) is 0 Å². The normalized spacial score (nSPS) is 11.7. The Hall–Kier alpha value is -2.69. The van der Waals surface area contributed by atoms with Gasteiger partial charge in [-0.3, -0.25) is 10.1 Å². The highest BCUT2D eigenvalue weighted by Gasteiger charge is 2.21. The number of sulfone groups is 1. The molecular formula is C15H9ClN2O4S. The van der Waals surface area contributed by atoms with Gasteiger partial charge in [0.15, 0.2) is 0 Å². The molecule has 2 aromatic carbocycles. The number of nitriles is 1. The Balaban J connectivity index is 2.59. The second kappa shape index (κ2) is 6.60. The minimum absolute atomic E-state index is 0.0469. The van der Waals surface area contributed by atoms with Crippen LogP contribution in [0.1, 0.15) is 5.56 Å². The summed E-state index contributed by atoms with van der Waals surface area (Å²) in [5.74, 6) is 0. The zero-order valence-electron chi connectivity index (χ0n) is 11.5. The van der Waals surface area contributed by atoms with Gasteiger partial charge < -0.3 is 0 Å². The number of nitro benzene ring substituents is 1. The SMILES string of the molecule is N#C/C(=C/c1cc([N+](=O)[O-])ccc1Cl)S(=O)(=O)c1ccccc1. The molecule has 0 saturated carbocycles. The summed E-state index contributed by atoms with van der Waals surface area (Å²) < 4.78 is 24.9. The lowest BCUT2D eigenvalue weighted by molar-refractivity contribution is -0.384. The van der Waals surface area contributed by atoms with Gasteiger partial charge in [0.2, 0.25) is 9.84 Å². The van der Waals surface area contributed by atoms with Crippen LogP contribution in [-0.2, 0) is 9.84 Å². The Labute approximate surface area is 137 Å². The van der Waals surface area contributed by atoms with Crippen LogP contribution in [0.4, 0.5) is 5.69 Å². The monoisotopic (exact) mass is 348 g/mol. The van der Waals surface area contributed by atoms with Crippen molar-refractivity contribution in [1.82, 2.24) is 0 Å². The molecule has 0 amide bonds. The lowest BCUT2D eigenvalue weighted by Crippen LogP contribution is -2.03. The van der Waals surface area contributed by atoms with Crippen LogP contribution < -0.4 is 0 Å². The van der Waals surface area contributed by atoms with Crippen molar-refractivity contribution in [2.45, 2.75) is 4.90 Å². The van der Waals surface area contributed by atoms with Crippen molar-refractivity contribution >= 4 is 33.2 Å². The van der Waals surface area contributed by atoms with Crippen molar-refractivity contribution in [1.29, 1.82) is 5.26 Å². The van der Waals surface area contributed by atoms with E-state index in [1.165, 1.54) is 36.4 Å². The molecule has 0 aliphatic carbocycles. The summed E-state index contributed by atoms with van der Waals surface area (Å²) >= 11 is 5.93. The summed E-state index contributed by atoms with van der Waals surface area (Å²) in [6.07, 6.45) is 1.03. The molecule has 0 unspecified atom stereocenters. The first kappa shape index (κ1) is 16.7. The Morgan fingerprint density at radius 2 is 1.87 bits per heavy atom. The Morgan fingerprint density at radius 3 is 2.43 bits per heavy atom. The largest absolute Gasteiger partial charge is 0.270 e. The van der Waals surface area contributed by atoms with E-state index in [0.29, 0.717) is 0 Å². The van der Waals surface area contributed by atoms with Gasteiger partial charge >= 0.3 is 0 Å². The number of hydrogen-bond donors (Lipinski definition) is 0. The smallest absolute Gasteiger partial charge is 0.258 e. The third kappa shape index (κ3) is 3.56. The van der Waals surface area contributed by atoms with E-state index < -0.39 is 19.7 Å². The van der Waals surface area contributed by atoms with Crippen molar-refractivity contribution < 1.29 is 13.3 Å². The number of halogens is 1. The second-order valence-electron chi connectivity index (χ2n) is 4.40. The molecular weight excluding hydrogens is 340 g/mol. The average Bonchev–Trinajstić information content (AvgIpc) is 2.54. The molecule has 0 radical (unpaired) electrons. The third-order valence-electron chi connectivity index (χ3n) is 2.93. The first-order valence-electron chi connectivity index (χ1n) is 6.22. The fourth-order valence-electron chi connectivity index (χ4n) is 1.79. The molecule has 0 bridgehead atoms. The Morgan fingerprint density at radius 1 is 1.22 bits per heavy atom. The van der Waals surface area contributed by atoms with E-state index in [4.69, 9.17) is 11.6 Å². The fraction of sp³-hybridized carbons (Fsp3) is 0. The summed E-state index contributed by atoms with van der Waals surface area (Å²) in [6.45, 7) is 0. The van der Waals surface area contributed by atoms with Crippen LogP contribution in [-0.4, -0.2) is 13.3 Å². The van der Waals surface area contributed by atoms with E-state index in [1.54, 1.807) is 12.1 Å². The predicted molar refractivity (Wildman–Crippen MR) is 85.3 cm³/mol. The van der Waals surface area contributed by atoms with E-state index >= 15 is 0 Å². The Bertz CT molecular complexity index is 932. The topological polar surface area (TPSA) is 101 Å². The molecule has 0 aliphatic heterocycles. The molecule has 0 N–H and O–H groups in total. The third-order valence-corrected chi connectivity index (χ3v) is 4.96. The zero-order chi connectivity index (χ0) is 17.0. The van der Waals surface area contributed by atoms with E-state index in [1.807, 2.05) is 0 Å². The number of benzene rings is 2. The van der Waals surface area contributed by atoms with E-state index in [9.17, 15) is 23.8 Å². The highest BCUT2D eigenvalue weighted by Crippen LogP contribution is 2.27. The number of nitrogens with zero attached hydrogens (tertiary/aromatic N) is 2. The van der Waals surface area contributed by atoms with E-state index in [-0.39, 0.29) is 21.2 Å². The maximum Gasteiger partial charge on any atom is 0.270 e. The molecule has 0 saturated heterocycles. The van der Waals surface area contributed by atoms with Gasteiger partial charge in [-0.2, -0.15) is 5.26 Å². The van der Waals surface area contributed by atoms with Gasteiger partial charge in [0.1, 0.15) is 11.0 Å². The number of nitro groups is 1. The van der Waals surface area contributed by atoms with Gasteiger partial charge in [0.05, 0.1) is 9.82 Å². The van der Waals surface area contributed by atoms with Crippen LogP contribution in [0.2, 0.25) is 5.02 Å². The summed E-state index contributed by atoms with van der Waals surface area (Å²) in [5.41, 5.74) is -0.174. The van der Waals surface area contributed by atoms with Crippen molar-refractivity contribution in [3.8, 4) is 6.07 Å². The van der Waals surface area contributed by atoms with Crippen LogP contribution >= 0.6 is 11.6 Å². The molecule has 0 fully saturated rings. The number of non-ortho nitro benzene ring substituents is 1. The lowest BCUT2D eigenvalue weighted by Gasteiger charge is -2.04. The molecule has 23 heavy (non-hydrogen) atoms. The van der Waals surface area contributed by atoms with Crippen LogP contribution in [0.25, 0.3) is 6.08 Å². The molecule has 2 rings (SSSR count). The standard InChI is InChI=1S/C15H9ClN2O4S/c16-15-7-6-12(18(19)20)8-11(15)9-14(10-17)23(21,22)13-4-2-1-3-5-13/h1-9H/b14-9-. The van der Waals surface area contributed by atoms with Gasteiger partial charge in [-0.25, -0.2) is 8.42 Å². The lowest BCUT2D eigenvalue weighted by atomic mass is 10.2. The first-order valence-corrected chi connectivity index (χ1v) is 8.08. The highest BCUT2D eigenvalue weighted by molar-refractivity contribution is 7.95. The van der Waals surface area contributed by atoms with Gasteiger partial charge in [-0.05, 0) is 24.3 Å². The minimum atomic E-state index is -4.03. The van der Waals surface area contributed by atoms with E-state index in [2.05, 4.69) is 0 Å². The summed E-state index contributed by atoms with van der Waals surface area (Å²) in [4.78, 5) is 9.57. The molecule has 0 aromatic heterocycles. The number of rotatable bonds is 4. The van der Waals surface area contributed by atoms with Crippen LogP contribution in [0.15, 0.2) is 58.3 Å². The second-order valence-corrected chi connectivity index (χ2v) is 6.73. The molecule has 0 heterocycles. The zero-order valence-corrected chi connectivity index (χ0v) is 13.1. The van der Waals surface area contributed by atoms with Gasteiger partial charge in [-0.1, -0.05) is 29.8 Å². The average molecular weight is 349 g/mol. The van der Waals surface area contributed by atoms with E-state index in [0.717, 1.165) is 12.1 Å². The quantitative estimate of drug-likeness (QED) is 0.477. The fourth-order valence-corrected chi connectivity index (χ4v) is 3.14. The maximum atomic E-state index is 12.4. The van der Waals surface area contributed by atoms with Crippen LogP contribution in [0.5, 0.6) is 0 Å². The predicted octanol–water partition coefficient (Wildman–Crippen LogP) is 3.59. The van der Waals surface area contributed by atoms with Gasteiger partial charge in [0.25, 0.3) is 5.69 Å². The van der Waals surface area contributed by atoms with Crippen molar-refractivity contribution in [3.05, 3.63) is 74.1 Å². The molecule has 0 spiro atoms. The summed E-state index contributed by atoms with van der Waals surface area (Å²) in [5, 5.41) is 20.1. The van der Waals surface area contributed by atoms with Crippen LogP contribution in [0.3, 0.4) is 0 Å². The minimum Gasteiger partial charge on any atom is -0.258 e. The molecule has 8 heteroatoms.